The van der Waals surface area contributed by atoms with Crippen LogP contribution in [-0.4, -0.2) is 13.1 Å². The van der Waals surface area contributed by atoms with Gasteiger partial charge in [-0.25, -0.2) is 9.59 Å². The van der Waals surface area contributed by atoms with Crippen molar-refractivity contribution in [3.63, 3.8) is 0 Å². The molecule has 0 spiro atoms. The van der Waals surface area contributed by atoms with E-state index in [4.69, 9.17) is 25.5 Å². The van der Waals surface area contributed by atoms with E-state index in [-0.39, 0.29) is 0 Å². The minimum absolute atomic E-state index is 0.315. The number of fused-ring (bicyclic) bond motifs is 1. The maximum absolute atomic E-state index is 12.4. The molecule has 0 saturated carbocycles. The number of carbonyl (C=O) groups is 1. The fraction of sp³-hybridized carbons (Fsp3) is 0.0476. The van der Waals surface area contributed by atoms with Crippen molar-refractivity contribution in [2.24, 2.45) is 0 Å². The van der Waals surface area contributed by atoms with Crippen molar-refractivity contribution in [3.05, 3.63) is 81.0 Å². The topological polar surface area (TPSA) is 65.7 Å². The van der Waals surface area contributed by atoms with Crippen LogP contribution in [0.3, 0.4) is 0 Å². The number of hydrogen-bond acceptors (Lipinski definition) is 6. The summed E-state index contributed by atoms with van der Waals surface area (Å²) in [6.45, 7) is 0. The van der Waals surface area contributed by atoms with E-state index in [1.165, 1.54) is 0 Å². The normalized spacial score (nSPS) is 10.8. The van der Waals surface area contributed by atoms with Crippen molar-refractivity contribution >= 4 is 39.2 Å². The largest absolute Gasteiger partial charge is 0.497 e. The Bertz CT molecular complexity index is 1210. The molecule has 0 N–H and O–H groups in total. The second kappa shape index (κ2) is 7.50. The Kier molecular flexibility index (Phi) is 4.90. The van der Waals surface area contributed by atoms with Crippen LogP contribution in [0.25, 0.3) is 21.4 Å². The molecule has 28 heavy (non-hydrogen) atoms. The SMILES string of the molecule is COc1ccc(-c2cc(OC(=O)c3ccc(Cl)cc3)cc3sc(=O)oc23)cc1. The molecule has 7 heteroatoms. The number of ether oxygens (including phenoxy) is 2. The lowest BCUT2D eigenvalue weighted by Gasteiger charge is -2.08. The standard InChI is InChI=1S/C21H13ClO5S/c1-25-15-8-4-12(5-9-15)17-10-16(11-18-19(17)27-21(24)28-18)26-20(23)13-2-6-14(22)7-3-13/h2-11H,1H3. The smallest absolute Gasteiger partial charge is 0.396 e. The molecule has 140 valence electrons. The van der Waals surface area contributed by atoms with Crippen molar-refractivity contribution in [1.29, 1.82) is 0 Å². The predicted octanol–water partition coefficient (Wildman–Crippen LogP) is 5.40. The Balaban J connectivity index is 1.75. The van der Waals surface area contributed by atoms with Crippen molar-refractivity contribution in [3.8, 4) is 22.6 Å². The Morgan fingerprint density at radius 1 is 1.00 bits per heavy atom. The average Bonchev–Trinajstić information content (AvgIpc) is 3.08. The van der Waals surface area contributed by atoms with Gasteiger partial charge in [0, 0.05) is 16.7 Å². The molecule has 0 bridgehead atoms. The van der Waals surface area contributed by atoms with Gasteiger partial charge in [0.1, 0.15) is 11.5 Å². The molecule has 0 atom stereocenters. The van der Waals surface area contributed by atoms with Crippen LogP contribution in [0.5, 0.6) is 11.5 Å². The van der Waals surface area contributed by atoms with Crippen LogP contribution >= 0.6 is 22.9 Å². The maximum Gasteiger partial charge on any atom is 0.396 e. The molecule has 0 unspecified atom stereocenters. The van der Waals surface area contributed by atoms with E-state index in [9.17, 15) is 9.59 Å². The van der Waals surface area contributed by atoms with E-state index in [1.807, 2.05) is 12.1 Å². The van der Waals surface area contributed by atoms with Crippen LogP contribution in [0.4, 0.5) is 0 Å². The molecule has 0 amide bonds. The Morgan fingerprint density at radius 3 is 2.39 bits per heavy atom. The van der Waals surface area contributed by atoms with Gasteiger partial charge < -0.3 is 13.9 Å². The zero-order valence-corrected chi connectivity index (χ0v) is 16.2. The zero-order chi connectivity index (χ0) is 19.7. The second-order valence-corrected chi connectivity index (χ2v) is 7.29. The van der Waals surface area contributed by atoms with E-state index in [2.05, 4.69) is 0 Å². The van der Waals surface area contributed by atoms with Crippen molar-refractivity contribution in [2.75, 3.05) is 7.11 Å². The molecule has 5 nitrogen and oxygen atoms in total. The summed E-state index contributed by atoms with van der Waals surface area (Å²) in [6.07, 6.45) is 0. The first-order chi connectivity index (χ1) is 13.5. The van der Waals surface area contributed by atoms with Gasteiger partial charge in [0.15, 0.2) is 5.58 Å². The van der Waals surface area contributed by atoms with Crippen molar-refractivity contribution < 1.29 is 18.7 Å². The fourth-order valence-corrected chi connectivity index (χ4v) is 3.60. The monoisotopic (exact) mass is 412 g/mol. The van der Waals surface area contributed by atoms with E-state index < -0.39 is 10.9 Å². The first-order valence-corrected chi connectivity index (χ1v) is 9.43. The first-order valence-electron chi connectivity index (χ1n) is 8.23. The van der Waals surface area contributed by atoms with Gasteiger partial charge in [0.05, 0.1) is 17.4 Å². The van der Waals surface area contributed by atoms with Crippen molar-refractivity contribution in [1.82, 2.24) is 0 Å². The second-order valence-electron chi connectivity index (χ2n) is 5.88. The lowest BCUT2D eigenvalue weighted by molar-refractivity contribution is 0.0735. The van der Waals surface area contributed by atoms with E-state index in [0.717, 1.165) is 16.9 Å². The molecule has 1 aromatic heterocycles. The maximum atomic E-state index is 12.4. The summed E-state index contributed by atoms with van der Waals surface area (Å²) < 4.78 is 16.6. The van der Waals surface area contributed by atoms with Crippen LogP contribution in [0, 0.1) is 0 Å². The molecule has 0 saturated heterocycles. The minimum Gasteiger partial charge on any atom is -0.497 e. The summed E-state index contributed by atoms with van der Waals surface area (Å²) in [5, 5.41) is 0.530. The third-order valence-corrected chi connectivity index (χ3v) is 5.12. The summed E-state index contributed by atoms with van der Waals surface area (Å²) in [4.78, 5) is 23.8. The van der Waals surface area contributed by atoms with Gasteiger partial charge in [0.25, 0.3) is 0 Å². The molecule has 4 aromatic rings. The highest BCUT2D eigenvalue weighted by atomic mass is 35.5. The predicted molar refractivity (Wildman–Crippen MR) is 109 cm³/mol. The molecule has 3 aromatic carbocycles. The first kappa shape index (κ1) is 18.3. The van der Waals surface area contributed by atoms with E-state index >= 15 is 0 Å². The van der Waals surface area contributed by atoms with Crippen LogP contribution < -0.4 is 14.4 Å². The number of hydrogen-bond donors (Lipinski definition) is 0. The fourth-order valence-electron chi connectivity index (χ4n) is 2.75. The number of rotatable bonds is 4. The Labute approximate surface area is 168 Å². The van der Waals surface area contributed by atoms with Gasteiger partial charge in [-0.3, -0.25) is 0 Å². The molecule has 4 rings (SSSR count). The van der Waals surface area contributed by atoms with Gasteiger partial charge in [-0.2, -0.15) is 0 Å². The molecular formula is C21H13ClO5S. The van der Waals surface area contributed by atoms with Crippen LogP contribution in [0.1, 0.15) is 10.4 Å². The summed E-state index contributed by atoms with van der Waals surface area (Å²) in [6, 6.07) is 17.0. The molecule has 0 radical (unpaired) electrons. The average molecular weight is 413 g/mol. The molecule has 0 aliphatic heterocycles. The van der Waals surface area contributed by atoms with Crippen LogP contribution in [0.15, 0.2) is 69.9 Å². The third-order valence-electron chi connectivity index (χ3n) is 4.10. The van der Waals surface area contributed by atoms with Crippen LogP contribution in [0.2, 0.25) is 5.02 Å². The lowest BCUT2D eigenvalue weighted by Crippen LogP contribution is -2.08. The molecule has 0 aliphatic carbocycles. The summed E-state index contributed by atoms with van der Waals surface area (Å²) in [7, 11) is 1.59. The summed E-state index contributed by atoms with van der Waals surface area (Å²) in [5.74, 6) is 0.500. The molecule has 1 heterocycles. The Hall–Kier alpha value is -3.09. The Morgan fingerprint density at radius 2 is 1.71 bits per heavy atom. The summed E-state index contributed by atoms with van der Waals surface area (Å²) >= 11 is 6.81. The number of esters is 1. The van der Waals surface area contributed by atoms with Gasteiger partial charge in [0.2, 0.25) is 0 Å². The minimum atomic E-state index is -0.521. The number of halogens is 1. The highest BCUT2D eigenvalue weighted by Crippen LogP contribution is 2.35. The van der Waals surface area contributed by atoms with Crippen molar-refractivity contribution in [2.45, 2.75) is 0 Å². The number of benzene rings is 3. The third kappa shape index (κ3) is 3.65. The van der Waals surface area contributed by atoms with E-state index in [0.29, 0.717) is 37.9 Å². The quantitative estimate of drug-likeness (QED) is 0.331. The zero-order valence-electron chi connectivity index (χ0n) is 14.6. The van der Waals surface area contributed by atoms with Gasteiger partial charge in [-0.05, 0) is 48.0 Å². The highest BCUT2D eigenvalue weighted by molar-refractivity contribution is 7.16. The molecular weight excluding hydrogens is 400 g/mol. The van der Waals surface area contributed by atoms with Gasteiger partial charge in [-0.15, -0.1) is 0 Å². The van der Waals surface area contributed by atoms with E-state index in [1.54, 1.807) is 55.6 Å². The summed E-state index contributed by atoms with van der Waals surface area (Å²) in [5.41, 5.74) is 2.27. The molecule has 0 fully saturated rings. The lowest BCUT2D eigenvalue weighted by atomic mass is 10.0. The van der Waals surface area contributed by atoms with Gasteiger partial charge in [-0.1, -0.05) is 35.1 Å². The van der Waals surface area contributed by atoms with Crippen LogP contribution in [-0.2, 0) is 0 Å². The van der Waals surface area contributed by atoms with Gasteiger partial charge >= 0.3 is 10.9 Å². The molecule has 0 aliphatic rings. The highest BCUT2D eigenvalue weighted by Gasteiger charge is 2.16. The number of carbonyl (C=O) groups excluding carboxylic acids is 1. The number of methoxy groups -OCH3 is 1.